The molecule has 0 N–H and O–H groups in total. The van der Waals surface area contributed by atoms with E-state index in [0.29, 0.717) is 0 Å². The van der Waals surface area contributed by atoms with Crippen LogP contribution >= 0.6 is 0 Å². The summed E-state index contributed by atoms with van der Waals surface area (Å²) < 4.78 is 4.79. The average Bonchev–Trinajstić information content (AvgIpc) is 3.89. The molecule has 300 valence electrons. The molecule has 4 nitrogen and oxygen atoms in total. The lowest BCUT2D eigenvalue weighted by Gasteiger charge is -2.39. The lowest BCUT2D eigenvalue weighted by molar-refractivity contribution is 0.872. The van der Waals surface area contributed by atoms with E-state index in [4.69, 9.17) is 10.3 Å². The number of fused-ring (bicyclic) bond motifs is 9. The Bertz CT molecular complexity index is 3800. The van der Waals surface area contributed by atoms with Gasteiger partial charge in [-0.1, -0.05) is 176 Å². The summed E-state index contributed by atoms with van der Waals surface area (Å²) in [7, 11) is 0. The number of rotatable bonds is 6. The summed E-state index contributed by atoms with van der Waals surface area (Å²) in [5.41, 5.74) is 16.8. The van der Waals surface area contributed by atoms with E-state index in [9.17, 15) is 0 Å². The first kappa shape index (κ1) is 36.2. The summed E-state index contributed by atoms with van der Waals surface area (Å²) in [6.45, 7) is 0. The van der Waals surface area contributed by atoms with Gasteiger partial charge in [-0.05, 0) is 98.8 Å². The molecule has 1 aliphatic rings. The molecule has 10 aromatic carbocycles. The largest absolute Gasteiger partial charge is 0.659 e. The maximum absolute atomic E-state index is 5.47. The zero-order valence-electron chi connectivity index (χ0n) is 34.8. The van der Waals surface area contributed by atoms with Gasteiger partial charge in [0, 0.05) is 44.6 Å². The van der Waals surface area contributed by atoms with Gasteiger partial charge in [0.25, 0.3) is 0 Å². The molecule has 64 heavy (non-hydrogen) atoms. The Morgan fingerprint density at radius 1 is 0.359 bits per heavy atom. The van der Waals surface area contributed by atoms with E-state index in [1.165, 1.54) is 60.2 Å². The van der Waals surface area contributed by atoms with Crippen molar-refractivity contribution in [3.8, 4) is 33.6 Å². The Kier molecular flexibility index (Phi) is 8.25. The molecular weight excluding hydrogens is 777 g/mol. The summed E-state index contributed by atoms with van der Waals surface area (Å²) in [6.07, 6.45) is -0.430. The van der Waals surface area contributed by atoms with Gasteiger partial charge in [-0.25, -0.2) is 0 Å². The SMILES string of the molecule is c1ccc(-c2ccc(C3=NC(c4cccc(-n5c6ccccc6c6cc(-c7cccc8c7c7ccccc7n8-c7ccccc7)ccc65)c4)[N-]c4c3ccc3ccccc43)cc2)cc1. The quantitative estimate of drug-likeness (QED) is 0.160. The van der Waals surface area contributed by atoms with Crippen molar-refractivity contribution in [3.63, 3.8) is 0 Å². The molecule has 12 aromatic rings. The van der Waals surface area contributed by atoms with Crippen LogP contribution < -0.4 is 0 Å². The van der Waals surface area contributed by atoms with Crippen LogP contribution in [0.4, 0.5) is 5.69 Å². The van der Waals surface area contributed by atoms with E-state index in [-0.39, 0.29) is 0 Å². The minimum absolute atomic E-state index is 0.430. The van der Waals surface area contributed by atoms with E-state index in [1.54, 1.807) is 0 Å². The number of para-hydroxylation sites is 3. The fourth-order valence-electron chi connectivity index (χ4n) is 10.1. The monoisotopic (exact) mass is 815 g/mol. The van der Waals surface area contributed by atoms with Crippen LogP contribution in [0.2, 0.25) is 0 Å². The Morgan fingerprint density at radius 3 is 1.78 bits per heavy atom. The molecule has 0 spiro atoms. The summed E-state index contributed by atoms with van der Waals surface area (Å²) in [5, 5.41) is 12.7. The highest BCUT2D eigenvalue weighted by molar-refractivity contribution is 6.21. The third-order valence-electron chi connectivity index (χ3n) is 13.0. The minimum atomic E-state index is -0.430. The Morgan fingerprint density at radius 2 is 0.953 bits per heavy atom. The summed E-state index contributed by atoms with van der Waals surface area (Å²) in [4.78, 5) is 5.47. The van der Waals surface area contributed by atoms with Gasteiger partial charge in [-0.15, -0.1) is 5.69 Å². The highest BCUT2D eigenvalue weighted by Gasteiger charge is 2.21. The van der Waals surface area contributed by atoms with Crippen molar-refractivity contribution < 1.29 is 0 Å². The molecule has 0 bridgehead atoms. The molecular formula is C60H39N4-. The van der Waals surface area contributed by atoms with Crippen molar-refractivity contribution in [1.29, 1.82) is 0 Å². The van der Waals surface area contributed by atoms with Gasteiger partial charge in [-0.2, -0.15) is 0 Å². The zero-order chi connectivity index (χ0) is 42.1. The molecule has 4 heteroatoms. The molecule has 0 amide bonds. The number of benzene rings is 10. The highest BCUT2D eigenvalue weighted by atomic mass is 15.1. The Balaban J connectivity index is 0.943. The normalized spacial score (nSPS) is 13.7. The third kappa shape index (κ3) is 5.73. The van der Waals surface area contributed by atoms with Gasteiger partial charge in [0.1, 0.15) is 0 Å². The van der Waals surface area contributed by atoms with Crippen LogP contribution in [0.25, 0.3) is 93.3 Å². The van der Waals surface area contributed by atoms with Crippen molar-refractivity contribution in [3.05, 3.63) is 253 Å². The van der Waals surface area contributed by atoms with E-state index < -0.39 is 6.17 Å². The number of nitrogens with zero attached hydrogens (tertiary/aromatic N) is 4. The van der Waals surface area contributed by atoms with Crippen LogP contribution in [-0.4, -0.2) is 14.8 Å². The molecule has 2 aromatic heterocycles. The van der Waals surface area contributed by atoms with Gasteiger partial charge in [0.15, 0.2) is 0 Å². The number of hydrogen-bond donors (Lipinski definition) is 0. The van der Waals surface area contributed by atoms with Crippen LogP contribution in [0, 0.1) is 0 Å². The lowest BCUT2D eigenvalue weighted by atomic mass is 9.93. The molecule has 13 rings (SSSR count). The molecule has 0 saturated carbocycles. The highest BCUT2D eigenvalue weighted by Crippen LogP contribution is 2.46. The maximum Gasteiger partial charge on any atom is 0.0695 e. The number of hydrogen-bond acceptors (Lipinski definition) is 1. The van der Waals surface area contributed by atoms with Crippen molar-refractivity contribution in [2.45, 2.75) is 6.17 Å². The van der Waals surface area contributed by atoms with Crippen molar-refractivity contribution in [2.24, 2.45) is 4.99 Å². The Hall–Kier alpha value is -8.47. The van der Waals surface area contributed by atoms with Gasteiger partial charge in [-0.3, -0.25) is 4.99 Å². The van der Waals surface area contributed by atoms with Crippen LogP contribution in [0.15, 0.2) is 236 Å². The van der Waals surface area contributed by atoms with Crippen molar-refractivity contribution in [1.82, 2.24) is 9.13 Å². The van der Waals surface area contributed by atoms with Crippen LogP contribution in [0.5, 0.6) is 0 Å². The molecule has 1 aliphatic heterocycles. The maximum atomic E-state index is 5.47. The smallest absolute Gasteiger partial charge is 0.0695 e. The van der Waals surface area contributed by atoms with Crippen LogP contribution in [-0.2, 0) is 0 Å². The summed E-state index contributed by atoms with van der Waals surface area (Å²) in [5.74, 6) is 0. The first-order valence-electron chi connectivity index (χ1n) is 21.9. The second-order valence-corrected chi connectivity index (χ2v) is 16.7. The van der Waals surface area contributed by atoms with Gasteiger partial charge in [0.2, 0.25) is 0 Å². The summed E-state index contributed by atoms with van der Waals surface area (Å²) >= 11 is 0. The van der Waals surface area contributed by atoms with Gasteiger partial charge in [0.05, 0.1) is 27.8 Å². The predicted molar refractivity (Wildman–Crippen MR) is 268 cm³/mol. The second kappa shape index (κ2) is 14.6. The van der Waals surface area contributed by atoms with E-state index in [1.807, 2.05) is 0 Å². The molecule has 0 saturated heterocycles. The standard InChI is InChI=1S/C60H39N4/c1-3-15-39(16-4-1)40-29-31-42(32-30-40)58-51-35-33-41-17-7-8-22-48(41)59(51)62-60(61-58)44-18-13-21-46(37-44)64-53-26-11-9-23-49(53)52-38-43(34-36-55(52)64)47-25-14-28-56-57(47)50-24-10-12-27-54(50)63(56)45-19-5-2-6-20-45/h1-38,60H/q-1. The first-order chi connectivity index (χ1) is 31.7. The van der Waals surface area contributed by atoms with E-state index in [2.05, 4.69) is 240 Å². The van der Waals surface area contributed by atoms with E-state index in [0.717, 1.165) is 55.9 Å². The summed E-state index contributed by atoms with van der Waals surface area (Å²) in [6, 6.07) is 83.0. The average molecular weight is 816 g/mol. The van der Waals surface area contributed by atoms with Crippen LogP contribution in [0.1, 0.15) is 22.9 Å². The van der Waals surface area contributed by atoms with Crippen molar-refractivity contribution in [2.75, 3.05) is 0 Å². The third-order valence-corrected chi connectivity index (χ3v) is 13.0. The number of aromatic nitrogens is 2. The molecule has 0 fully saturated rings. The topological polar surface area (TPSA) is 36.3 Å². The Labute approximate surface area is 370 Å². The fraction of sp³-hybridized carbons (Fsp3) is 0.0167. The lowest BCUT2D eigenvalue weighted by Crippen LogP contribution is -2.12. The van der Waals surface area contributed by atoms with Crippen molar-refractivity contribution >= 4 is 65.8 Å². The molecule has 0 aliphatic carbocycles. The first-order valence-corrected chi connectivity index (χ1v) is 21.9. The fourth-order valence-corrected chi connectivity index (χ4v) is 10.1. The molecule has 3 heterocycles. The van der Waals surface area contributed by atoms with Gasteiger partial charge < -0.3 is 14.5 Å². The minimum Gasteiger partial charge on any atom is -0.659 e. The predicted octanol–water partition coefficient (Wildman–Crippen LogP) is 15.9. The van der Waals surface area contributed by atoms with Crippen LogP contribution in [0.3, 0.4) is 0 Å². The second-order valence-electron chi connectivity index (χ2n) is 16.7. The molecule has 0 radical (unpaired) electrons. The molecule has 1 unspecified atom stereocenters. The van der Waals surface area contributed by atoms with E-state index >= 15 is 0 Å². The zero-order valence-corrected chi connectivity index (χ0v) is 34.8. The molecule has 1 atom stereocenters. The van der Waals surface area contributed by atoms with Gasteiger partial charge >= 0.3 is 0 Å². The number of aliphatic imine (C=N–C) groups is 1.